The van der Waals surface area contributed by atoms with E-state index in [0.717, 1.165) is 12.1 Å². The molecule has 0 spiro atoms. The van der Waals surface area contributed by atoms with E-state index in [1.807, 2.05) is 5.32 Å². The second-order valence-electron chi connectivity index (χ2n) is 3.38. The molecule has 0 saturated carbocycles. The fraction of sp³-hybridized carbons (Fsp3) is 0.0833. The van der Waals surface area contributed by atoms with Crippen molar-refractivity contribution in [3.63, 3.8) is 0 Å². The highest BCUT2D eigenvalue weighted by atomic mass is 19.1. The summed E-state index contributed by atoms with van der Waals surface area (Å²) >= 11 is 0. The van der Waals surface area contributed by atoms with Crippen molar-refractivity contribution in [2.45, 2.75) is 6.61 Å². The standard InChI is InChI=1S/C12H9F2NO3/c13-9-4-1-5-10(14)11(9)15-12(16)18-7-8-3-2-6-17-8/h1-6H,7H2,(H,15,16). The molecule has 0 radical (unpaired) electrons. The van der Waals surface area contributed by atoms with Crippen molar-refractivity contribution in [1.29, 1.82) is 0 Å². The largest absolute Gasteiger partial charge is 0.466 e. The summed E-state index contributed by atoms with van der Waals surface area (Å²) in [6, 6.07) is 6.50. The molecule has 94 valence electrons. The summed E-state index contributed by atoms with van der Waals surface area (Å²) in [6.45, 7) is -0.116. The number of benzene rings is 1. The van der Waals surface area contributed by atoms with Gasteiger partial charge in [0.05, 0.1) is 6.26 Å². The van der Waals surface area contributed by atoms with Crippen molar-refractivity contribution in [2.24, 2.45) is 0 Å². The lowest BCUT2D eigenvalue weighted by molar-refractivity contribution is 0.146. The zero-order valence-electron chi connectivity index (χ0n) is 9.15. The number of para-hydroxylation sites is 1. The van der Waals surface area contributed by atoms with Crippen molar-refractivity contribution in [1.82, 2.24) is 0 Å². The number of rotatable bonds is 3. The summed E-state index contributed by atoms with van der Waals surface area (Å²) in [7, 11) is 0. The van der Waals surface area contributed by atoms with Gasteiger partial charge in [-0.3, -0.25) is 5.32 Å². The second kappa shape index (κ2) is 5.31. The third kappa shape index (κ3) is 2.85. The van der Waals surface area contributed by atoms with Crippen LogP contribution in [0.2, 0.25) is 0 Å². The Morgan fingerprint density at radius 3 is 2.56 bits per heavy atom. The van der Waals surface area contributed by atoms with Crippen LogP contribution in [-0.2, 0) is 11.3 Å². The molecular formula is C12H9F2NO3. The molecule has 0 aliphatic carbocycles. The number of ether oxygens (including phenoxy) is 1. The Kier molecular flexibility index (Phi) is 3.57. The van der Waals surface area contributed by atoms with E-state index in [2.05, 4.69) is 0 Å². The molecule has 0 atom stereocenters. The minimum atomic E-state index is -0.963. The van der Waals surface area contributed by atoms with Gasteiger partial charge in [-0.1, -0.05) is 6.07 Å². The summed E-state index contributed by atoms with van der Waals surface area (Å²) in [6.07, 6.45) is 0.461. The minimum absolute atomic E-state index is 0.116. The van der Waals surface area contributed by atoms with Gasteiger partial charge in [0.2, 0.25) is 0 Å². The lowest BCUT2D eigenvalue weighted by Gasteiger charge is -2.07. The molecule has 0 aliphatic heterocycles. The van der Waals surface area contributed by atoms with Gasteiger partial charge >= 0.3 is 6.09 Å². The fourth-order valence-corrected chi connectivity index (χ4v) is 1.29. The van der Waals surface area contributed by atoms with Gasteiger partial charge in [-0.15, -0.1) is 0 Å². The maximum atomic E-state index is 13.2. The van der Waals surface area contributed by atoms with Crippen LogP contribution in [0.4, 0.5) is 19.3 Å². The van der Waals surface area contributed by atoms with E-state index in [-0.39, 0.29) is 6.61 Å². The normalized spacial score (nSPS) is 10.1. The molecule has 18 heavy (non-hydrogen) atoms. The molecule has 1 aromatic heterocycles. The van der Waals surface area contributed by atoms with Crippen LogP contribution in [-0.4, -0.2) is 6.09 Å². The summed E-state index contributed by atoms with van der Waals surface area (Å²) in [5.74, 6) is -1.31. The maximum Gasteiger partial charge on any atom is 0.412 e. The molecule has 1 N–H and O–H groups in total. The first-order valence-electron chi connectivity index (χ1n) is 5.07. The Labute approximate surface area is 101 Å². The third-order valence-electron chi connectivity index (χ3n) is 2.12. The Balaban J connectivity index is 1.95. The first-order valence-corrected chi connectivity index (χ1v) is 5.07. The Morgan fingerprint density at radius 1 is 1.22 bits per heavy atom. The highest BCUT2D eigenvalue weighted by molar-refractivity contribution is 5.84. The number of carbonyl (C=O) groups is 1. The number of carbonyl (C=O) groups excluding carboxylic acids is 1. The smallest absolute Gasteiger partial charge is 0.412 e. The summed E-state index contributed by atoms with van der Waals surface area (Å²) < 4.78 is 36.0. The van der Waals surface area contributed by atoms with Crippen molar-refractivity contribution >= 4 is 11.8 Å². The zero-order valence-corrected chi connectivity index (χ0v) is 9.15. The van der Waals surface area contributed by atoms with E-state index in [1.54, 1.807) is 12.1 Å². The highest BCUT2D eigenvalue weighted by Gasteiger charge is 2.12. The lowest BCUT2D eigenvalue weighted by Crippen LogP contribution is -2.15. The summed E-state index contributed by atoms with van der Waals surface area (Å²) in [5.41, 5.74) is -0.540. The fourth-order valence-electron chi connectivity index (χ4n) is 1.29. The van der Waals surface area contributed by atoms with E-state index < -0.39 is 23.4 Å². The topological polar surface area (TPSA) is 51.5 Å². The Hall–Kier alpha value is -2.37. The molecule has 2 aromatic rings. The quantitative estimate of drug-likeness (QED) is 0.912. The Morgan fingerprint density at radius 2 is 1.94 bits per heavy atom. The number of halogens is 2. The molecule has 1 aromatic carbocycles. The third-order valence-corrected chi connectivity index (χ3v) is 2.12. The lowest BCUT2D eigenvalue weighted by atomic mass is 10.3. The summed E-state index contributed by atoms with van der Waals surface area (Å²) in [4.78, 5) is 11.3. The van der Waals surface area contributed by atoms with Gasteiger partial charge in [-0.25, -0.2) is 13.6 Å². The molecule has 1 amide bonds. The van der Waals surface area contributed by atoms with E-state index in [1.165, 1.54) is 12.3 Å². The molecule has 1 heterocycles. The molecule has 0 bridgehead atoms. The predicted molar refractivity (Wildman–Crippen MR) is 58.9 cm³/mol. The van der Waals surface area contributed by atoms with Crippen molar-refractivity contribution < 1.29 is 22.7 Å². The van der Waals surface area contributed by atoms with Gasteiger partial charge in [-0.2, -0.15) is 0 Å². The van der Waals surface area contributed by atoms with Gasteiger partial charge in [0.15, 0.2) is 6.61 Å². The van der Waals surface area contributed by atoms with Crippen LogP contribution in [0.25, 0.3) is 0 Å². The van der Waals surface area contributed by atoms with Crippen LogP contribution < -0.4 is 5.32 Å². The van der Waals surface area contributed by atoms with Gasteiger partial charge in [0, 0.05) is 0 Å². The van der Waals surface area contributed by atoms with Gasteiger partial charge in [0.1, 0.15) is 23.1 Å². The number of anilines is 1. The van der Waals surface area contributed by atoms with Crippen LogP contribution in [0.3, 0.4) is 0 Å². The number of amides is 1. The first-order chi connectivity index (χ1) is 8.66. The molecule has 0 fully saturated rings. The van der Waals surface area contributed by atoms with Crippen LogP contribution in [0.1, 0.15) is 5.76 Å². The van der Waals surface area contributed by atoms with Crippen LogP contribution in [0.5, 0.6) is 0 Å². The van der Waals surface area contributed by atoms with Gasteiger partial charge in [0.25, 0.3) is 0 Å². The number of furan rings is 1. The van der Waals surface area contributed by atoms with E-state index in [4.69, 9.17) is 9.15 Å². The van der Waals surface area contributed by atoms with Crippen LogP contribution >= 0.6 is 0 Å². The molecule has 0 aliphatic rings. The molecule has 6 heteroatoms. The monoisotopic (exact) mass is 253 g/mol. The van der Waals surface area contributed by atoms with Crippen molar-refractivity contribution in [3.8, 4) is 0 Å². The van der Waals surface area contributed by atoms with E-state index in [0.29, 0.717) is 5.76 Å². The van der Waals surface area contributed by atoms with E-state index in [9.17, 15) is 13.6 Å². The van der Waals surface area contributed by atoms with Crippen molar-refractivity contribution in [3.05, 3.63) is 54.0 Å². The van der Waals surface area contributed by atoms with Gasteiger partial charge < -0.3 is 9.15 Å². The molecule has 2 rings (SSSR count). The van der Waals surface area contributed by atoms with Crippen molar-refractivity contribution in [2.75, 3.05) is 5.32 Å². The van der Waals surface area contributed by atoms with E-state index >= 15 is 0 Å². The van der Waals surface area contributed by atoms with Crippen LogP contribution in [0, 0.1) is 11.6 Å². The molecule has 4 nitrogen and oxygen atoms in total. The van der Waals surface area contributed by atoms with Gasteiger partial charge in [-0.05, 0) is 24.3 Å². The SMILES string of the molecule is O=C(Nc1c(F)cccc1F)OCc1ccco1. The summed E-state index contributed by atoms with van der Waals surface area (Å²) in [5, 5.41) is 1.99. The number of hydrogen-bond donors (Lipinski definition) is 1. The average Bonchev–Trinajstić information content (AvgIpc) is 2.84. The zero-order chi connectivity index (χ0) is 13.0. The molecule has 0 unspecified atom stereocenters. The molecule has 0 saturated heterocycles. The average molecular weight is 253 g/mol. The highest BCUT2D eigenvalue weighted by Crippen LogP contribution is 2.18. The molecular weight excluding hydrogens is 244 g/mol. The number of hydrogen-bond acceptors (Lipinski definition) is 3. The predicted octanol–water partition coefficient (Wildman–Crippen LogP) is 3.31. The Bertz CT molecular complexity index is 520. The number of nitrogens with one attached hydrogen (secondary N) is 1. The van der Waals surface area contributed by atoms with Crippen LogP contribution in [0.15, 0.2) is 41.0 Å². The maximum absolute atomic E-state index is 13.2. The second-order valence-corrected chi connectivity index (χ2v) is 3.38. The first kappa shape index (κ1) is 12.1. The minimum Gasteiger partial charge on any atom is -0.466 e.